The molecular formula is C9H11N3. The van der Waals surface area contributed by atoms with Gasteiger partial charge < -0.3 is 5.32 Å². The van der Waals surface area contributed by atoms with E-state index >= 15 is 0 Å². The van der Waals surface area contributed by atoms with Gasteiger partial charge in [0.05, 0.1) is 5.69 Å². The number of hydrogen-bond acceptors (Lipinski definition) is 3. The van der Waals surface area contributed by atoms with Crippen molar-refractivity contribution in [1.82, 2.24) is 15.3 Å². The SMILES string of the molecule is c1cnc(C2CC23CNC3)cn1. The molecule has 2 heterocycles. The summed E-state index contributed by atoms with van der Waals surface area (Å²) in [4.78, 5) is 8.41. The van der Waals surface area contributed by atoms with Crippen LogP contribution in [0.5, 0.6) is 0 Å². The maximum atomic E-state index is 4.33. The Bertz CT molecular complexity index is 292. The molecule has 1 atom stereocenters. The van der Waals surface area contributed by atoms with Crippen LogP contribution in [0.15, 0.2) is 18.6 Å². The molecule has 1 aliphatic heterocycles. The van der Waals surface area contributed by atoms with Gasteiger partial charge in [0.2, 0.25) is 0 Å². The van der Waals surface area contributed by atoms with Gasteiger partial charge in [-0.15, -0.1) is 0 Å². The molecule has 0 amide bonds. The van der Waals surface area contributed by atoms with Crippen molar-refractivity contribution in [3.63, 3.8) is 0 Å². The smallest absolute Gasteiger partial charge is 0.0624 e. The Balaban J connectivity index is 1.85. The first-order valence-electron chi connectivity index (χ1n) is 4.37. The number of hydrogen-bond donors (Lipinski definition) is 1. The third kappa shape index (κ3) is 0.743. The molecule has 3 nitrogen and oxygen atoms in total. The third-order valence-corrected chi connectivity index (χ3v) is 3.08. The van der Waals surface area contributed by atoms with Crippen LogP contribution < -0.4 is 5.32 Å². The summed E-state index contributed by atoms with van der Waals surface area (Å²) >= 11 is 0. The summed E-state index contributed by atoms with van der Waals surface area (Å²) in [5.41, 5.74) is 1.76. The second-order valence-corrected chi connectivity index (χ2v) is 3.85. The van der Waals surface area contributed by atoms with Gasteiger partial charge in [0, 0.05) is 43.0 Å². The summed E-state index contributed by atoms with van der Waals surface area (Å²) in [5.74, 6) is 0.687. The van der Waals surface area contributed by atoms with E-state index in [0.29, 0.717) is 11.3 Å². The Morgan fingerprint density at radius 1 is 1.42 bits per heavy atom. The van der Waals surface area contributed by atoms with E-state index in [-0.39, 0.29) is 0 Å². The van der Waals surface area contributed by atoms with Crippen molar-refractivity contribution in [2.24, 2.45) is 5.41 Å². The van der Waals surface area contributed by atoms with E-state index in [9.17, 15) is 0 Å². The van der Waals surface area contributed by atoms with Crippen LogP contribution in [-0.2, 0) is 0 Å². The van der Waals surface area contributed by atoms with Crippen LogP contribution in [0.4, 0.5) is 0 Å². The van der Waals surface area contributed by atoms with E-state index in [1.807, 2.05) is 6.20 Å². The van der Waals surface area contributed by atoms with Crippen molar-refractivity contribution in [3.05, 3.63) is 24.3 Å². The highest BCUT2D eigenvalue weighted by molar-refractivity contribution is 5.25. The molecule has 0 bridgehead atoms. The molecule has 1 aromatic heterocycles. The molecule has 1 aliphatic carbocycles. The van der Waals surface area contributed by atoms with Gasteiger partial charge >= 0.3 is 0 Å². The summed E-state index contributed by atoms with van der Waals surface area (Å²) in [5, 5.41) is 3.32. The molecule has 0 aromatic carbocycles. The number of nitrogens with zero attached hydrogens (tertiary/aromatic N) is 2. The summed E-state index contributed by atoms with van der Waals surface area (Å²) < 4.78 is 0. The quantitative estimate of drug-likeness (QED) is 0.653. The number of rotatable bonds is 1. The molecule has 1 spiro atoms. The highest BCUT2D eigenvalue weighted by atomic mass is 15.0. The van der Waals surface area contributed by atoms with E-state index in [4.69, 9.17) is 0 Å². The fraction of sp³-hybridized carbons (Fsp3) is 0.556. The number of aromatic nitrogens is 2. The van der Waals surface area contributed by atoms with E-state index in [2.05, 4.69) is 15.3 Å². The van der Waals surface area contributed by atoms with Crippen molar-refractivity contribution in [3.8, 4) is 0 Å². The molecule has 1 saturated carbocycles. The molecule has 1 N–H and O–H groups in total. The maximum absolute atomic E-state index is 4.33. The van der Waals surface area contributed by atoms with Crippen molar-refractivity contribution in [2.45, 2.75) is 12.3 Å². The molecule has 12 heavy (non-hydrogen) atoms. The average Bonchev–Trinajstić information content (AvgIpc) is 2.80. The molecule has 2 aliphatic rings. The molecule has 1 unspecified atom stereocenters. The van der Waals surface area contributed by atoms with Crippen molar-refractivity contribution in [1.29, 1.82) is 0 Å². The summed E-state index contributed by atoms with van der Waals surface area (Å²) in [6, 6.07) is 0. The van der Waals surface area contributed by atoms with E-state index in [1.165, 1.54) is 25.2 Å². The van der Waals surface area contributed by atoms with E-state index in [0.717, 1.165) is 0 Å². The zero-order valence-electron chi connectivity index (χ0n) is 6.83. The van der Waals surface area contributed by atoms with E-state index in [1.54, 1.807) is 12.4 Å². The maximum Gasteiger partial charge on any atom is 0.0624 e. The van der Waals surface area contributed by atoms with Gasteiger partial charge in [-0.25, -0.2) is 0 Å². The Kier molecular flexibility index (Phi) is 1.11. The van der Waals surface area contributed by atoms with Crippen molar-refractivity contribution < 1.29 is 0 Å². The number of nitrogens with one attached hydrogen (secondary N) is 1. The van der Waals surface area contributed by atoms with Crippen LogP contribution in [0.3, 0.4) is 0 Å². The minimum absolute atomic E-state index is 0.579. The lowest BCUT2D eigenvalue weighted by atomic mass is 9.96. The Morgan fingerprint density at radius 3 is 2.83 bits per heavy atom. The van der Waals surface area contributed by atoms with Crippen molar-refractivity contribution >= 4 is 0 Å². The minimum Gasteiger partial charge on any atom is -0.315 e. The molecule has 1 saturated heterocycles. The van der Waals surface area contributed by atoms with Gasteiger partial charge in [0.15, 0.2) is 0 Å². The summed E-state index contributed by atoms with van der Waals surface area (Å²) in [7, 11) is 0. The predicted molar refractivity (Wildman–Crippen MR) is 44.7 cm³/mol. The summed E-state index contributed by atoms with van der Waals surface area (Å²) in [6.07, 6.45) is 6.72. The topological polar surface area (TPSA) is 37.8 Å². The molecule has 62 valence electrons. The van der Waals surface area contributed by atoms with Gasteiger partial charge in [0.1, 0.15) is 0 Å². The van der Waals surface area contributed by atoms with Gasteiger partial charge in [-0.05, 0) is 6.42 Å². The fourth-order valence-corrected chi connectivity index (χ4v) is 2.09. The van der Waals surface area contributed by atoms with Crippen LogP contribution in [-0.4, -0.2) is 23.1 Å². The molecule has 0 radical (unpaired) electrons. The first-order chi connectivity index (χ1) is 5.91. The van der Waals surface area contributed by atoms with Gasteiger partial charge in [0.25, 0.3) is 0 Å². The first kappa shape index (κ1) is 6.54. The average molecular weight is 161 g/mol. The summed E-state index contributed by atoms with van der Waals surface area (Å²) in [6.45, 7) is 2.35. The largest absolute Gasteiger partial charge is 0.315 e. The molecule has 3 heteroatoms. The minimum atomic E-state index is 0.579. The zero-order chi connectivity index (χ0) is 8.02. The predicted octanol–water partition coefficient (Wildman–Crippen LogP) is 0.553. The second-order valence-electron chi connectivity index (χ2n) is 3.85. The Labute approximate surface area is 71.2 Å². The van der Waals surface area contributed by atoms with Crippen LogP contribution >= 0.6 is 0 Å². The van der Waals surface area contributed by atoms with Gasteiger partial charge in [-0.1, -0.05) is 0 Å². The fourth-order valence-electron chi connectivity index (χ4n) is 2.09. The van der Waals surface area contributed by atoms with Crippen LogP contribution in [0.1, 0.15) is 18.0 Å². The standard InChI is InChI=1S/C9H11N3/c1-2-12-8(4-10-1)7-3-9(7)5-11-6-9/h1-2,4,7,11H,3,5-6H2. The van der Waals surface area contributed by atoms with Gasteiger partial charge in [-0.3, -0.25) is 9.97 Å². The lowest BCUT2D eigenvalue weighted by molar-refractivity contribution is 0.311. The molecule has 1 aromatic rings. The van der Waals surface area contributed by atoms with Crippen LogP contribution in [0.25, 0.3) is 0 Å². The Morgan fingerprint density at radius 2 is 2.33 bits per heavy atom. The first-order valence-corrected chi connectivity index (χ1v) is 4.37. The normalized spacial score (nSPS) is 29.8. The Hall–Kier alpha value is -0.960. The zero-order valence-corrected chi connectivity index (χ0v) is 6.83. The van der Waals surface area contributed by atoms with E-state index < -0.39 is 0 Å². The lowest BCUT2D eigenvalue weighted by Crippen LogP contribution is -2.45. The molecule has 2 fully saturated rings. The van der Waals surface area contributed by atoms with Crippen LogP contribution in [0, 0.1) is 5.41 Å². The van der Waals surface area contributed by atoms with Crippen molar-refractivity contribution in [2.75, 3.05) is 13.1 Å². The molecule has 3 rings (SSSR count). The van der Waals surface area contributed by atoms with Gasteiger partial charge in [-0.2, -0.15) is 0 Å². The second kappa shape index (κ2) is 2.04. The molecular weight excluding hydrogens is 150 g/mol. The lowest BCUT2D eigenvalue weighted by Gasteiger charge is -2.28. The monoisotopic (exact) mass is 161 g/mol. The van der Waals surface area contributed by atoms with Crippen LogP contribution in [0.2, 0.25) is 0 Å². The highest BCUT2D eigenvalue weighted by Gasteiger charge is 2.59. The highest BCUT2D eigenvalue weighted by Crippen LogP contribution is 2.60. The third-order valence-electron chi connectivity index (χ3n) is 3.08.